The largest absolute Gasteiger partial charge is 0.344 e. The van der Waals surface area contributed by atoms with Crippen molar-refractivity contribution in [2.24, 2.45) is 16.9 Å². The van der Waals surface area contributed by atoms with Crippen LogP contribution in [0.1, 0.15) is 13.8 Å². The molecule has 0 saturated heterocycles. The predicted octanol–water partition coefficient (Wildman–Crippen LogP) is 0.254. The Morgan fingerprint density at radius 3 is 1.22 bits per heavy atom. The minimum Gasteiger partial charge on any atom is -0.344 e. The van der Waals surface area contributed by atoms with E-state index in [2.05, 4.69) is 0 Å². The highest BCUT2D eigenvalue weighted by Crippen LogP contribution is 2.07. The summed E-state index contributed by atoms with van der Waals surface area (Å²) in [5.41, 5.74) is 10.8. The Morgan fingerprint density at radius 2 is 1.22 bits per heavy atom. The van der Waals surface area contributed by atoms with Gasteiger partial charge in [0.25, 0.3) is 0 Å². The summed E-state index contributed by atoms with van der Waals surface area (Å²) in [6, 6.07) is 0. The highest BCUT2D eigenvalue weighted by Gasteiger charge is 2.10. The highest BCUT2D eigenvalue weighted by atomic mass is 14.6. The van der Waals surface area contributed by atoms with Gasteiger partial charge in [-0.1, -0.05) is 13.8 Å². The van der Waals surface area contributed by atoms with Gasteiger partial charge in [-0.15, -0.1) is 0 Å². The Labute approximate surface area is 57.2 Å². The first-order chi connectivity index (χ1) is 3.12. The van der Waals surface area contributed by atoms with Crippen LogP contribution < -0.4 is 23.8 Å². The zero-order valence-electron chi connectivity index (χ0n) is 6.48. The van der Waals surface area contributed by atoms with Crippen LogP contribution in [-0.4, -0.2) is 13.1 Å². The van der Waals surface area contributed by atoms with Crippen LogP contribution in [0.2, 0.25) is 0 Å². The van der Waals surface area contributed by atoms with Crippen LogP contribution in [-0.2, 0) is 0 Å². The van der Waals surface area contributed by atoms with Gasteiger partial charge in [-0.25, -0.2) is 0 Å². The van der Waals surface area contributed by atoms with Gasteiger partial charge in [-0.05, 0) is 18.5 Å². The van der Waals surface area contributed by atoms with Crippen molar-refractivity contribution in [2.45, 2.75) is 13.8 Å². The lowest BCUT2D eigenvalue weighted by molar-refractivity contribution is 0.393. The molecule has 0 fully saturated rings. The normalized spacial score (nSPS) is 9.33. The molecule has 0 aliphatic carbocycles. The average Bonchev–Trinajstić information content (AvgIpc) is 1.68. The third-order valence-corrected chi connectivity index (χ3v) is 1.11. The average molecular weight is 136 g/mol. The smallest absolute Gasteiger partial charge is 0.00138 e. The number of hydrogen-bond acceptors (Lipinski definition) is 4. The van der Waals surface area contributed by atoms with Gasteiger partial charge >= 0.3 is 0 Å². The van der Waals surface area contributed by atoms with Crippen LogP contribution in [0, 0.1) is 5.41 Å². The molecule has 4 heteroatoms. The van der Waals surface area contributed by atoms with E-state index in [0.29, 0.717) is 13.1 Å². The number of nitrogens with two attached hydrogens (primary N) is 2. The maximum Gasteiger partial charge on any atom is -0.00138 e. The van der Waals surface area contributed by atoms with Gasteiger partial charge in [-0.3, -0.25) is 0 Å². The lowest BCUT2D eigenvalue weighted by Gasteiger charge is -2.18. The summed E-state index contributed by atoms with van der Waals surface area (Å²) in [5.74, 6) is 0. The zero-order chi connectivity index (χ0) is 5.91. The van der Waals surface area contributed by atoms with E-state index in [1.165, 1.54) is 0 Å². The van der Waals surface area contributed by atoms with Gasteiger partial charge in [0.05, 0.1) is 0 Å². The maximum atomic E-state index is 5.34. The third kappa shape index (κ3) is 7.84. The zero-order valence-corrected chi connectivity index (χ0v) is 6.48. The fraction of sp³-hybridized carbons (Fsp3) is 1.00. The molecule has 60 valence electrons. The second-order valence-electron chi connectivity index (χ2n) is 2.57. The van der Waals surface area contributed by atoms with Crippen molar-refractivity contribution in [2.75, 3.05) is 13.1 Å². The van der Waals surface area contributed by atoms with Crippen molar-refractivity contribution >= 4 is 0 Å². The standard InChI is InChI=1S/C5H14N2.2H3N/c1-5(2,3-6)4-7;;/h3-4,6-7H2,1-2H3;2*1H3. The number of rotatable bonds is 2. The fourth-order valence-corrected chi connectivity index (χ4v) is 0.0833. The first-order valence-corrected chi connectivity index (χ1v) is 2.52. The molecular formula is C5H20N4. The fourth-order valence-electron chi connectivity index (χ4n) is 0.0833. The number of hydrogen-bond donors (Lipinski definition) is 4. The molecule has 0 aromatic rings. The molecule has 0 saturated carbocycles. The van der Waals surface area contributed by atoms with Gasteiger partial charge < -0.3 is 23.8 Å². The molecule has 0 unspecified atom stereocenters. The molecule has 0 amide bonds. The molecule has 0 aromatic carbocycles. The summed E-state index contributed by atoms with van der Waals surface area (Å²) in [4.78, 5) is 0. The van der Waals surface area contributed by atoms with E-state index in [1.807, 2.05) is 13.8 Å². The molecule has 0 rings (SSSR count). The molecule has 0 aromatic heterocycles. The Kier molecular flexibility index (Phi) is 10.6. The van der Waals surface area contributed by atoms with Crippen LogP contribution in [0.25, 0.3) is 0 Å². The Morgan fingerprint density at radius 1 is 1.00 bits per heavy atom. The third-order valence-electron chi connectivity index (χ3n) is 1.11. The summed E-state index contributed by atoms with van der Waals surface area (Å²) < 4.78 is 0. The SMILES string of the molecule is CC(C)(CN)CN.N.N. The maximum absolute atomic E-state index is 5.34. The van der Waals surface area contributed by atoms with E-state index >= 15 is 0 Å². The van der Waals surface area contributed by atoms with Crippen molar-refractivity contribution in [1.82, 2.24) is 12.3 Å². The van der Waals surface area contributed by atoms with Crippen LogP contribution >= 0.6 is 0 Å². The van der Waals surface area contributed by atoms with E-state index in [9.17, 15) is 0 Å². The van der Waals surface area contributed by atoms with Gasteiger partial charge in [0, 0.05) is 0 Å². The first-order valence-electron chi connectivity index (χ1n) is 2.52. The van der Waals surface area contributed by atoms with E-state index < -0.39 is 0 Å². The summed E-state index contributed by atoms with van der Waals surface area (Å²) in [6.45, 7) is 5.44. The Balaban J connectivity index is -0.000000180. The molecule has 4 nitrogen and oxygen atoms in total. The van der Waals surface area contributed by atoms with Crippen LogP contribution in [0.3, 0.4) is 0 Å². The van der Waals surface area contributed by atoms with E-state index in [4.69, 9.17) is 11.5 Å². The summed E-state index contributed by atoms with van der Waals surface area (Å²) >= 11 is 0. The van der Waals surface area contributed by atoms with Crippen LogP contribution in [0.4, 0.5) is 0 Å². The second kappa shape index (κ2) is 5.97. The van der Waals surface area contributed by atoms with Gasteiger partial charge in [0.1, 0.15) is 0 Å². The minimum absolute atomic E-state index is 0. The topological polar surface area (TPSA) is 122 Å². The van der Waals surface area contributed by atoms with Crippen molar-refractivity contribution in [3.8, 4) is 0 Å². The van der Waals surface area contributed by atoms with Crippen molar-refractivity contribution in [1.29, 1.82) is 0 Å². The molecule has 0 spiro atoms. The molecule has 0 radical (unpaired) electrons. The lowest BCUT2D eigenvalue weighted by atomic mass is 9.95. The van der Waals surface area contributed by atoms with Gasteiger partial charge in [0.15, 0.2) is 0 Å². The Bertz CT molecular complexity index is 46.9. The monoisotopic (exact) mass is 136 g/mol. The summed E-state index contributed by atoms with van der Waals surface area (Å²) in [6.07, 6.45) is 0. The van der Waals surface area contributed by atoms with Crippen molar-refractivity contribution in [3.05, 3.63) is 0 Å². The van der Waals surface area contributed by atoms with Crippen molar-refractivity contribution in [3.63, 3.8) is 0 Å². The van der Waals surface area contributed by atoms with Gasteiger partial charge in [-0.2, -0.15) is 0 Å². The second-order valence-corrected chi connectivity index (χ2v) is 2.57. The van der Waals surface area contributed by atoms with E-state index in [-0.39, 0.29) is 17.7 Å². The molecule has 0 aliphatic rings. The van der Waals surface area contributed by atoms with Gasteiger partial charge in [0.2, 0.25) is 0 Å². The van der Waals surface area contributed by atoms with Crippen LogP contribution in [0.15, 0.2) is 0 Å². The Hall–Kier alpha value is -0.160. The molecule has 9 heavy (non-hydrogen) atoms. The predicted molar refractivity (Wildman–Crippen MR) is 41.9 cm³/mol. The molecule has 0 aliphatic heterocycles. The minimum atomic E-state index is 0. The first kappa shape index (κ1) is 15.9. The van der Waals surface area contributed by atoms with E-state index in [1.54, 1.807) is 0 Å². The van der Waals surface area contributed by atoms with Crippen LogP contribution in [0.5, 0.6) is 0 Å². The molecule has 0 atom stereocenters. The highest BCUT2D eigenvalue weighted by molar-refractivity contribution is 4.68. The molecule has 10 N–H and O–H groups in total. The van der Waals surface area contributed by atoms with E-state index in [0.717, 1.165) is 0 Å². The summed E-state index contributed by atoms with van der Waals surface area (Å²) in [5, 5.41) is 0. The molecular weight excluding hydrogens is 116 g/mol. The lowest BCUT2D eigenvalue weighted by Crippen LogP contribution is -2.31. The van der Waals surface area contributed by atoms with Crippen molar-refractivity contribution < 1.29 is 0 Å². The quantitative estimate of drug-likeness (QED) is 0.434. The molecule has 0 bridgehead atoms. The molecule has 0 heterocycles. The summed E-state index contributed by atoms with van der Waals surface area (Å²) in [7, 11) is 0.